The maximum absolute atomic E-state index is 4.49. The third-order valence-electron chi connectivity index (χ3n) is 4.40. The summed E-state index contributed by atoms with van der Waals surface area (Å²) in [5, 5.41) is 1.18. The van der Waals surface area contributed by atoms with Gasteiger partial charge in [0.2, 0.25) is 11.2 Å². The maximum Gasteiger partial charge on any atom is 0.224 e. The number of benzene rings is 2. The van der Waals surface area contributed by atoms with Crippen molar-refractivity contribution in [1.82, 2.24) is 9.97 Å². The first kappa shape index (κ1) is 14.5. The minimum absolute atomic E-state index is 0.747. The van der Waals surface area contributed by atoms with Gasteiger partial charge in [-0.25, -0.2) is 9.97 Å². The van der Waals surface area contributed by atoms with Gasteiger partial charge in [-0.2, -0.15) is 4.57 Å². The number of nitrogens with zero attached hydrogens (tertiary/aromatic N) is 3. The highest BCUT2D eigenvalue weighted by atomic mass is 15.0. The zero-order chi connectivity index (χ0) is 16.5. The fraction of sp³-hybridized carbons (Fsp3) is 0.0952. The summed E-state index contributed by atoms with van der Waals surface area (Å²) in [7, 11) is 2.11. The Kier molecular flexibility index (Phi) is 3.54. The summed E-state index contributed by atoms with van der Waals surface area (Å²) in [4.78, 5) is 8.98. The Morgan fingerprint density at radius 3 is 2.29 bits per heavy atom. The SMILES string of the molecule is Cc1ccccc1-c1c(-c2ncccn2)cc2ccccc2[n+]1C. The second-order valence-corrected chi connectivity index (χ2v) is 5.91. The molecule has 0 atom stereocenters. The second kappa shape index (κ2) is 5.85. The molecule has 24 heavy (non-hydrogen) atoms. The normalized spacial score (nSPS) is 10.9. The quantitative estimate of drug-likeness (QED) is 0.522. The summed E-state index contributed by atoms with van der Waals surface area (Å²) in [6.45, 7) is 2.14. The lowest BCUT2D eigenvalue weighted by atomic mass is 9.98. The molecule has 3 nitrogen and oxygen atoms in total. The van der Waals surface area contributed by atoms with Gasteiger partial charge < -0.3 is 0 Å². The third-order valence-corrected chi connectivity index (χ3v) is 4.40. The predicted octanol–water partition coefficient (Wildman–Crippen LogP) is 4.10. The van der Waals surface area contributed by atoms with E-state index in [1.165, 1.54) is 22.0 Å². The van der Waals surface area contributed by atoms with E-state index in [-0.39, 0.29) is 0 Å². The van der Waals surface area contributed by atoms with Crippen molar-refractivity contribution < 1.29 is 4.57 Å². The van der Waals surface area contributed by atoms with Gasteiger partial charge in [-0.05, 0) is 36.8 Å². The highest BCUT2D eigenvalue weighted by Crippen LogP contribution is 2.31. The van der Waals surface area contributed by atoms with E-state index in [0.717, 1.165) is 17.1 Å². The van der Waals surface area contributed by atoms with Gasteiger partial charge in [-0.15, -0.1) is 0 Å². The van der Waals surface area contributed by atoms with Crippen molar-refractivity contribution >= 4 is 10.9 Å². The molecule has 2 aromatic heterocycles. The van der Waals surface area contributed by atoms with Crippen LogP contribution < -0.4 is 4.57 Å². The number of fused-ring (bicyclic) bond motifs is 1. The lowest BCUT2D eigenvalue weighted by Gasteiger charge is -2.11. The molecule has 0 amide bonds. The largest absolute Gasteiger partial charge is 0.236 e. The Labute approximate surface area is 141 Å². The van der Waals surface area contributed by atoms with E-state index in [1.807, 2.05) is 6.07 Å². The van der Waals surface area contributed by atoms with E-state index in [0.29, 0.717) is 0 Å². The molecular weight excluding hydrogens is 294 g/mol. The third kappa shape index (κ3) is 2.35. The van der Waals surface area contributed by atoms with Crippen molar-refractivity contribution in [1.29, 1.82) is 0 Å². The van der Waals surface area contributed by atoms with Crippen LogP contribution in [0.3, 0.4) is 0 Å². The molecule has 2 aromatic carbocycles. The fourth-order valence-electron chi connectivity index (χ4n) is 3.21. The van der Waals surface area contributed by atoms with Gasteiger partial charge in [-0.1, -0.05) is 30.3 Å². The molecule has 3 heteroatoms. The molecule has 0 spiro atoms. The van der Waals surface area contributed by atoms with Crippen molar-refractivity contribution in [3.8, 4) is 22.6 Å². The van der Waals surface area contributed by atoms with E-state index in [1.54, 1.807) is 12.4 Å². The van der Waals surface area contributed by atoms with Crippen LogP contribution in [0.15, 0.2) is 73.1 Å². The summed E-state index contributed by atoms with van der Waals surface area (Å²) in [5.74, 6) is 0.747. The van der Waals surface area contributed by atoms with Crippen LogP contribution in [0.25, 0.3) is 33.5 Å². The molecule has 0 bridgehead atoms. The van der Waals surface area contributed by atoms with E-state index in [4.69, 9.17) is 0 Å². The van der Waals surface area contributed by atoms with Gasteiger partial charge in [-0.3, -0.25) is 0 Å². The van der Waals surface area contributed by atoms with Crippen LogP contribution in [0.5, 0.6) is 0 Å². The zero-order valence-corrected chi connectivity index (χ0v) is 13.8. The molecule has 0 saturated heterocycles. The van der Waals surface area contributed by atoms with Gasteiger partial charge in [0.05, 0.1) is 5.56 Å². The zero-order valence-electron chi connectivity index (χ0n) is 13.8. The van der Waals surface area contributed by atoms with E-state index in [9.17, 15) is 0 Å². The first-order valence-corrected chi connectivity index (χ1v) is 8.01. The lowest BCUT2D eigenvalue weighted by molar-refractivity contribution is -0.633. The van der Waals surface area contributed by atoms with Crippen LogP contribution >= 0.6 is 0 Å². The van der Waals surface area contributed by atoms with Crippen molar-refractivity contribution in [2.24, 2.45) is 7.05 Å². The number of hydrogen-bond acceptors (Lipinski definition) is 2. The standard InChI is InChI=1S/C21H18N3/c1-15-8-3-5-10-17(15)20-18(21-22-12-7-13-23-21)14-16-9-4-6-11-19(16)24(20)2/h3-14H,1-2H3/q+1. The Hall–Kier alpha value is -3.07. The van der Waals surface area contributed by atoms with Crippen molar-refractivity contribution in [2.45, 2.75) is 6.92 Å². The molecule has 0 radical (unpaired) electrons. The summed E-state index contributed by atoms with van der Waals surface area (Å²) in [6.07, 6.45) is 3.58. The fourth-order valence-corrected chi connectivity index (χ4v) is 3.21. The van der Waals surface area contributed by atoms with Crippen LogP contribution in [0.2, 0.25) is 0 Å². The van der Waals surface area contributed by atoms with Crippen molar-refractivity contribution in [2.75, 3.05) is 0 Å². The van der Waals surface area contributed by atoms with E-state index < -0.39 is 0 Å². The first-order chi connectivity index (χ1) is 11.8. The van der Waals surface area contributed by atoms with Crippen LogP contribution in [0.1, 0.15) is 5.56 Å². The number of aryl methyl sites for hydroxylation is 2. The van der Waals surface area contributed by atoms with E-state index in [2.05, 4.69) is 83.1 Å². The minimum atomic E-state index is 0.747. The van der Waals surface area contributed by atoms with Gasteiger partial charge >= 0.3 is 0 Å². The van der Waals surface area contributed by atoms with Crippen LogP contribution in [0, 0.1) is 6.92 Å². The van der Waals surface area contributed by atoms with Crippen molar-refractivity contribution in [3.63, 3.8) is 0 Å². The molecule has 0 fully saturated rings. The predicted molar refractivity (Wildman–Crippen MR) is 96.3 cm³/mol. The molecule has 116 valence electrons. The van der Waals surface area contributed by atoms with Crippen molar-refractivity contribution in [3.05, 3.63) is 78.6 Å². The Morgan fingerprint density at radius 1 is 0.792 bits per heavy atom. The highest BCUT2D eigenvalue weighted by molar-refractivity contribution is 5.87. The maximum atomic E-state index is 4.49. The minimum Gasteiger partial charge on any atom is -0.236 e. The molecule has 0 aliphatic heterocycles. The molecule has 0 saturated carbocycles. The summed E-state index contributed by atoms with van der Waals surface area (Å²) >= 11 is 0. The highest BCUT2D eigenvalue weighted by Gasteiger charge is 2.23. The van der Waals surface area contributed by atoms with Gasteiger partial charge in [0.25, 0.3) is 0 Å². The number of para-hydroxylation sites is 1. The summed E-state index contributed by atoms with van der Waals surface area (Å²) < 4.78 is 2.24. The van der Waals surface area contributed by atoms with E-state index >= 15 is 0 Å². The average Bonchev–Trinajstić information content (AvgIpc) is 2.63. The second-order valence-electron chi connectivity index (χ2n) is 5.91. The molecule has 0 N–H and O–H groups in total. The lowest BCUT2D eigenvalue weighted by Crippen LogP contribution is -2.33. The Morgan fingerprint density at radius 2 is 1.50 bits per heavy atom. The average molecular weight is 312 g/mol. The van der Waals surface area contributed by atoms with Gasteiger partial charge in [0.1, 0.15) is 7.05 Å². The molecule has 0 aliphatic rings. The van der Waals surface area contributed by atoms with Crippen LogP contribution in [-0.2, 0) is 7.05 Å². The monoisotopic (exact) mass is 312 g/mol. The van der Waals surface area contributed by atoms with Gasteiger partial charge in [0, 0.05) is 29.4 Å². The van der Waals surface area contributed by atoms with Gasteiger partial charge in [0.15, 0.2) is 5.82 Å². The molecular formula is C21H18N3+. The van der Waals surface area contributed by atoms with Crippen LogP contribution in [0.4, 0.5) is 0 Å². The molecule has 4 rings (SSSR count). The summed E-state index contributed by atoms with van der Waals surface area (Å²) in [5.41, 5.74) is 5.81. The number of rotatable bonds is 2. The molecule has 4 aromatic rings. The summed E-state index contributed by atoms with van der Waals surface area (Å²) in [6, 6.07) is 20.9. The molecule has 0 aliphatic carbocycles. The molecule has 0 unspecified atom stereocenters. The number of hydrogen-bond donors (Lipinski definition) is 0. The number of aromatic nitrogens is 3. The smallest absolute Gasteiger partial charge is 0.224 e. The topological polar surface area (TPSA) is 29.7 Å². The Bertz CT molecular complexity index is 1020. The number of pyridine rings is 1. The van der Waals surface area contributed by atoms with Crippen LogP contribution in [-0.4, -0.2) is 9.97 Å². The molecule has 2 heterocycles. The first-order valence-electron chi connectivity index (χ1n) is 8.01. The Balaban J connectivity index is 2.14.